The molecule has 0 saturated carbocycles. The highest BCUT2D eigenvalue weighted by atomic mass is 127. The highest BCUT2D eigenvalue weighted by Crippen LogP contribution is 2.12. The minimum Gasteiger partial charge on any atom is -0.312 e. The van der Waals surface area contributed by atoms with Crippen molar-refractivity contribution in [1.82, 2.24) is 20.3 Å². The van der Waals surface area contributed by atoms with Crippen molar-refractivity contribution in [3.63, 3.8) is 0 Å². The zero-order chi connectivity index (χ0) is 13.2. The van der Waals surface area contributed by atoms with Crippen LogP contribution in [0.25, 0.3) is 0 Å². The molecule has 2 aromatic rings. The maximum absolute atomic E-state index is 12.1. The van der Waals surface area contributed by atoms with Gasteiger partial charge in [0.05, 0.1) is 12.2 Å². The number of halogens is 1. The second kappa shape index (κ2) is 5.38. The Morgan fingerprint density at radius 3 is 2.74 bits per heavy atom. The molecule has 5 nitrogen and oxygen atoms in total. The van der Waals surface area contributed by atoms with Crippen molar-refractivity contribution in [3.05, 3.63) is 45.3 Å². The van der Waals surface area contributed by atoms with Gasteiger partial charge in [-0.25, -0.2) is 4.68 Å². The maximum atomic E-state index is 12.1. The standard InChI is InChI=1S/C13H13IN4O/c14-10-3-1-9(2-4-10)5-13(19)12-8-18(17-16-12)11-6-15-7-11/h1-4,8,11,15H,5-7H2. The summed E-state index contributed by atoms with van der Waals surface area (Å²) in [6.07, 6.45) is 2.12. The highest BCUT2D eigenvalue weighted by molar-refractivity contribution is 14.1. The monoisotopic (exact) mass is 368 g/mol. The van der Waals surface area contributed by atoms with E-state index in [0.717, 1.165) is 22.2 Å². The van der Waals surface area contributed by atoms with E-state index in [0.29, 0.717) is 18.2 Å². The fourth-order valence-corrected chi connectivity index (χ4v) is 2.28. The van der Waals surface area contributed by atoms with Crippen LogP contribution in [-0.4, -0.2) is 33.9 Å². The second-order valence-corrected chi connectivity index (χ2v) is 5.87. The molecule has 1 fully saturated rings. The predicted molar refractivity (Wildman–Crippen MR) is 79.1 cm³/mol. The van der Waals surface area contributed by atoms with Gasteiger partial charge in [0, 0.05) is 23.1 Å². The molecule has 0 aliphatic carbocycles. The third kappa shape index (κ3) is 2.84. The minimum atomic E-state index is 0.0136. The smallest absolute Gasteiger partial charge is 0.189 e. The summed E-state index contributed by atoms with van der Waals surface area (Å²) in [6.45, 7) is 1.79. The summed E-state index contributed by atoms with van der Waals surface area (Å²) in [5.41, 5.74) is 1.45. The summed E-state index contributed by atoms with van der Waals surface area (Å²) < 4.78 is 2.94. The fourth-order valence-electron chi connectivity index (χ4n) is 1.92. The first kappa shape index (κ1) is 12.7. The van der Waals surface area contributed by atoms with E-state index in [1.165, 1.54) is 0 Å². The largest absolute Gasteiger partial charge is 0.312 e. The van der Waals surface area contributed by atoms with Crippen LogP contribution in [0.5, 0.6) is 0 Å². The lowest BCUT2D eigenvalue weighted by atomic mass is 10.1. The lowest BCUT2D eigenvalue weighted by molar-refractivity contribution is 0.0988. The van der Waals surface area contributed by atoms with Crippen LogP contribution >= 0.6 is 22.6 Å². The molecule has 2 heterocycles. The molecular weight excluding hydrogens is 355 g/mol. The van der Waals surface area contributed by atoms with Gasteiger partial charge in [-0.05, 0) is 40.3 Å². The Morgan fingerprint density at radius 2 is 2.11 bits per heavy atom. The molecule has 0 bridgehead atoms. The zero-order valence-electron chi connectivity index (χ0n) is 10.2. The van der Waals surface area contributed by atoms with E-state index in [9.17, 15) is 4.79 Å². The van der Waals surface area contributed by atoms with Gasteiger partial charge >= 0.3 is 0 Å². The third-order valence-corrected chi connectivity index (χ3v) is 3.93. The van der Waals surface area contributed by atoms with Gasteiger partial charge in [-0.15, -0.1) is 5.10 Å². The summed E-state index contributed by atoms with van der Waals surface area (Å²) in [5, 5.41) is 11.2. The number of ketones is 1. The first-order valence-corrected chi connectivity index (χ1v) is 7.20. The Labute approximate surface area is 124 Å². The summed E-state index contributed by atoms with van der Waals surface area (Å²) >= 11 is 2.25. The molecule has 0 radical (unpaired) electrons. The van der Waals surface area contributed by atoms with Crippen LogP contribution in [0.15, 0.2) is 30.5 Å². The Balaban J connectivity index is 1.69. The SMILES string of the molecule is O=C(Cc1ccc(I)cc1)c1cn(C2CNC2)nn1. The Bertz CT molecular complexity index is 589. The highest BCUT2D eigenvalue weighted by Gasteiger charge is 2.21. The van der Waals surface area contributed by atoms with Gasteiger partial charge in [0.25, 0.3) is 0 Å². The van der Waals surface area contributed by atoms with E-state index >= 15 is 0 Å². The number of carbonyl (C=O) groups excluding carboxylic acids is 1. The van der Waals surface area contributed by atoms with Gasteiger partial charge in [0.2, 0.25) is 0 Å². The van der Waals surface area contributed by atoms with E-state index < -0.39 is 0 Å². The summed E-state index contributed by atoms with van der Waals surface area (Å²) in [4.78, 5) is 12.1. The number of Topliss-reactive ketones (excluding diaryl/α,β-unsaturated/α-hetero) is 1. The lowest BCUT2D eigenvalue weighted by Crippen LogP contribution is -2.43. The van der Waals surface area contributed by atoms with E-state index in [4.69, 9.17) is 0 Å². The molecule has 0 atom stereocenters. The number of benzene rings is 1. The van der Waals surface area contributed by atoms with E-state index in [1.54, 1.807) is 10.9 Å². The van der Waals surface area contributed by atoms with Gasteiger partial charge in [0.15, 0.2) is 5.78 Å². The zero-order valence-corrected chi connectivity index (χ0v) is 12.4. The van der Waals surface area contributed by atoms with Crippen LogP contribution in [0, 0.1) is 3.57 Å². The lowest BCUT2D eigenvalue weighted by Gasteiger charge is -2.26. The number of carbonyl (C=O) groups is 1. The topological polar surface area (TPSA) is 59.8 Å². The van der Waals surface area contributed by atoms with Crippen molar-refractivity contribution in [2.24, 2.45) is 0 Å². The number of hydrogen-bond donors (Lipinski definition) is 1. The number of nitrogens with zero attached hydrogens (tertiary/aromatic N) is 3. The third-order valence-electron chi connectivity index (χ3n) is 3.21. The van der Waals surface area contributed by atoms with Crippen LogP contribution in [-0.2, 0) is 6.42 Å². The summed E-state index contributed by atoms with van der Waals surface area (Å²) in [6, 6.07) is 8.28. The fraction of sp³-hybridized carbons (Fsp3) is 0.308. The van der Waals surface area contributed by atoms with Crippen molar-refractivity contribution in [3.8, 4) is 0 Å². The van der Waals surface area contributed by atoms with Gasteiger partial charge in [-0.1, -0.05) is 17.3 Å². The molecule has 19 heavy (non-hydrogen) atoms. The average molecular weight is 368 g/mol. The molecule has 1 N–H and O–H groups in total. The molecular formula is C13H13IN4O. The van der Waals surface area contributed by atoms with Crippen molar-refractivity contribution in [1.29, 1.82) is 0 Å². The Kier molecular flexibility index (Phi) is 3.61. The van der Waals surface area contributed by atoms with Crippen molar-refractivity contribution in [2.45, 2.75) is 12.5 Å². The molecule has 1 saturated heterocycles. The van der Waals surface area contributed by atoms with E-state index in [-0.39, 0.29) is 5.78 Å². The van der Waals surface area contributed by atoms with Crippen LogP contribution in [0.1, 0.15) is 22.1 Å². The second-order valence-electron chi connectivity index (χ2n) is 4.62. The Hall–Kier alpha value is -1.28. The van der Waals surface area contributed by atoms with E-state index in [1.807, 2.05) is 24.3 Å². The average Bonchev–Trinajstić information content (AvgIpc) is 2.79. The van der Waals surface area contributed by atoms with Crippen LogP contribution < -0.4 is 5.32 Å². The van der Waals surface area contributed by atoms with E-state index in [2.05, 4.69) is 38.2 Å². The van der Waals surface area contributed by atoms with Crippen LogP contribution in [0.3, 0.4) is 0 Å². The minimum absolute atomic E-state index is 0.0136. The Morgan fingerprint density at radius 1 is 1.37 bits per heavy atom. The van der Waals surface area contributed by atoms with Gasteiger partial charge in [0.1, 0.15) is 5.69 Å². The predicted octanol–water partition coefficient (Wildman–Crippen LogP) is 1.45. The van der Waals surface area contributed by atoms with Gasteiger partial charge in [-0.2, -0.15) is 0 Å². The van der Waals surface area contributed by atoms with Gasteiger partial charge < -0.3 is 5.32 Å². The normalized spacial score (nSPS) is 15.2. The first-order valence-electron chi connectivity index (χ1n) is 6.12. The van der Waals surface area contributed by atoms with Crippen LogP contribution in [0.2, 0.25) is 0 Å². The van der Waals surface area contributed by atoms with Crippen molar-refractivity contribution < 1.29 is 4.79 Å². The molecule has 1 aromatic carbocycles. The molecule has 1 aliphatic rings. The molecule has 1 aromatic heterocycles. The maximum Gasteiger partial charge on any atom is 0.189 e. The molecule has 1 aliphatic heterocycles. The number of rotatable bonds is 4. The number of aromatic nitrogens is 3. The summed E-state index contributed by atoms with van der Waals surface area (Å²) in [5.74, 6) is 0.0136. The molecule has 98 valence electrons. The molecule has 3 rings (SSSR count). The van der Waals surface area contributed by atoms with Crippen molar-refractivity contribution in [2.75, 3.05) is 13.1 Å². The van der Waals surface area contributed by atoms with Crippen molar-refractivity contribution >= 4 is 28.4 Å². The summed E-state index contributed by atoms with van der Waals surface area (Å²) in [7, 11) is 0. The van der Waals surface area contributed by atoms with Gasteiger partial charge in [-0.3, -0.25) is 4.79 Å². The molecule has 0 spiro atoms. The molecule has 0 amide bonds. The molecule has 6 heteroatoms. The first-order chi connectivity index (χ1) is 9.22. The molecule has 0 unspecified atom stereocenters. The number of hydrogen-bond acceptors (Lipinski definition) is 4. The quantitative estimate of drug-likeness (QED) is 0.656. The van der Waals surface area contributed by atoms with Crippen LogP contribution in [0.4, 0.5) is 0 Å². The number of nitrogens with one attached hydrogen (secondary N) is 1.